The van der Waals surface area contributed by atoms with Gasteiger partial charge in [0, 0.05) is 5.56 Å². The number of hydrogen-bond donors (Lipinski definition) is 0. The molecule has 0 N–H and O–H groups in total. The third-order valence-corrected chi connectivity index (χ3v) is 4.87. The molecule has 0 saturated carbocycles. The first kappa shape index (κ1) is 15.7. The molecule has 0 saturated heterocycles. The lowest BCUT2D eigenvalue weighted by atomic mass is 10.1. The largest absolute Gasteiger partial charge is 0.451 e. The summed E-state index contributed by atoms with van der Waals surface area (Å²) in [5.41, 5.74) is 0.629. The molecule has 0 radical (unpaired) electrons. The molecule has 4 heteroatoms. The number of benzene rings is 2. The summed E-state index contributed by atoms with van der Waals surface area (Å²) in [6.45, 7) is 0. The molecular weight excluding hydrogens is 300 g/mol. The van der Waals surface area contributed by atoms with Crippen molar-refractivity contribution >= 4 is 29.3 Å². The summed E-state index contributed by atoms with van der Waals surface area (Å²) in [7, 11) is 0. The smallest absolute Gasteiger partial charge is 0.229 e. The maximum Gasteiger partial charge on any atom is 0.229 e. The lowest BCUT2D eigenvalue weighted by molar-refractivity contribution is 0.0986. The van der Waals surface area contributed by atoms with Gasteiger partial charge in [-0.15, -0.1) is 23.5 Å². The van der Waals surface area contributed by atoms with Gasteiger partial charge in [0.2, 0.25) is 5.78 Å². The number of ether oxygens (including phenoxy) is 1. The van der Waals surface area contributed by atoms with Crippen LogP contribution in [-0.4, -0.2) is 18.3 Å². The summed E-state index contributed by atoms with van der Waals surface area (Å²) in [6, 6.07) is 18.6. The molecule has 2 aromatic carbocycles. The monoisotopic (exact) mass is 316 g/mol. The highest BCUT2D eigenvalue weighted by Crippen LogP contribution is 2.31. The predicted octanol–water partition coefficient (Wildman–Crippen LogP) is 4.84. The van der Waals surface area contributed by atoms with Gasteiger partial charge in [-0.05, 0) is 24.6 Å². The number of rotatable bonds is 6. The molecule has 21 heavy (non-hydrogen) atoms. The minimum atomic E-state index is -0.0989. The SMILES string of the molecule is CSC(SC)=C(Oc1ccccc1)C(=O)c1ccccc1. The zero-order valence-electron chi connectivity index (χ0n) is 11.9. The minimum absolute atomic E-state index is 0.0989. The first-order chi connectivity index (χ1) is 10.3. The zero-order chi connectivity index (χ0) is 15.1. The quantitative estimate of drug-likeness (QED) is 0.432. The Labute approximate surface area is 133 Å². The van der Waals surface area contributed by atoms with Crippen LogP contribution in [0.25, 0.3) is 0 Å². The van der Waals surface area contributed by atoms with Gasteiger partial charge in [0.1, 0.15) is 5.75 Å². The van der Waals surface area contributed by atoms with Crippen molar-refractivity contribution in [1.82, 2.24) is 0 Å². The van der Waals surface area contributed by atoms with Gasteiger partial charge in [-0.25, -0.2) is 0 Å². The number of thioether (sulfide) groups is 2. The zero-order valence-corrected chi connectivity index (χ0v) is 13.5. The van der Waals surface area contributed by atoms with Crippen LogP contribution in [0.3, 0.4) is 0 Å². The third-order valence-electron chi connectivity index (χ3n) is 2.76. The normalized spacial score (nSPS) is 10.0. The van der Waals surface area contributed by atoms with Crippen LogP contribution < -0.4 is 4.74 Å². The Kier molecular flexibility index (Phi) is 5.96. The van der Waals surface area contributed by atoms with E-state index in [4.69, 9.17) is 4.74 Å². The Balaban J connectivity index is 2.38. The van der Waals surface area contributed by atoms with Crippen LogP contribution in [0.5, 0.6) is 5.75 Å². The first-order valence-electron chi connectivity index (χ1n) is 6.41. The number of carbonyl (C=O) groups excluding carboxylic acids is 1. The van der Waals surface area contributed by atoms with Crippen molar-refractivity contribution in [3.63, 3.8) is 0 Å². The lowest BCUT2D eigenvalue weighted by Gasteiger charge is -2.13. The molecule has 0 heterocycles. The summed E-state index contributed by atoms with van der Waals surface area (Å²) >= 11 is 3.03. The molecule has 0 aromatic heterocycles. The van der Waals surface area contributed by atoms with Crippen LogP contribution in [0, 0.1) is 0 Å². The standard InChI is InChI=1S/C17H16O2S2/c1-20-17(21-2)16(19-14-11-7-4-8-12-14)15(18)13-9-5-3-6-10-13/h3-12H,1-2H3. The second kappa shape index (κ2) is 7.96. The molecule has 2 aromatic rings. The van der Waals surface area contributed by atoms with E-state index in [1.54, 1.807) is 12.1 Å². The summed E-state index contributed by atoms with van der Waals surface area (Å²) in [5, 5.41) is 0. The van der Waals surface area contributed by atoms with E-state index in [1.165, 1.54) is 23.5 Å². The molecule has 0 unspecified atom stereocenters. The average Bonchev–Trinajstić information content (AvgIpc) is 2.56. The van der Waals surface area contributed by atoms with Crippen molar-refractivity contribution in [2.75, 3.05) is 12.5 Å². The van der Waals surface area contributed by atoms with E-state index in [1.807, 2.05) is 61.0 Å². The molecular formula is C17H16O2S2. The highest BCUT2D eigenvalue weighted by molar-refractivity contribution is 8.21. The Morgan fingerprint density at radius 3 is 1.90 bits per heavy atom. The van der Waals surface area contributed by atoms with Gasteiger partial charge < -0.3 is 4.74 Å². The number of carbonyl (C=O) groups is 1. The summed E-state index contributed by atoms with van der Waals surface area (Å²) in [4.78, 5) is 12.7. The maximum absolute atomic E-state index is 12.7. The molecule has 0 bridgehead atoms. The van der Waals surface area contributed by atoms with E-state index < -0.39 is 0 Å². The van der Waals surface area contributed by atoms with E-state index >= 15 is 0 Å². The van der Waals surface area contributed by atoms with Gasteiger partial charge in [-0.3, -0.25) is 4.79 Å². The molecule has 2 rings (SSSR count). The highest BCUT2D eigenvalue weighted by atomic mass is 32.2. The number of allylic oxidation sites excluding steroid dienone is 1. The summed E-state index contributed by atoms with van der Waals surface area (Å²) in [6.07, 6.45) is 3.89. The van der Waals surface area contributed by atoms with Gasteiger partial charge >= 0.3 is 0 Å². The van der Waals surface area contributed by atoms with E-state index in [0.717, 1.165) is 4.24 Å². The fourth-order valence-corrected chi connectivity index (χ4v) is 3.08. The Bertz CT molecular complexity index is 616. The fourth-order valence-electron chi connectivity index (χ4n) is 1.78. The van der Waals surface area contributed by atoms with Gasteiger partial charge in [0.25, 0.3) is 0 Å². The van der Waals surface area contributed by atoms with Crippen molar-refractivity contribution in [3.8, 4) is 5.75 Å². The fraction of sp³-hybridized carbons (Fsp3) is 0.118. The van der Waals surface area contributed by atoms with E-state index in [2.05, 4.69) is 0 Å². The Morgan fingerprint density at radius 1 is 0.857 bits per heavy atom. The van der Waals surface area contributed by atoms with Crippen LogP contribution in [0.15, 0.2) is 70.7 Å². The van der Waals surface area contributed by atoms with Gasteiger partial charge in [0.05, 0.1) is 4.24 Å². The van der Waals surface area contributed by atoms with E-state index in [0.29, 0.717) is 17.1 Å². The van der Waals surface area contributed by atoms with Crippen LogP contribution in [-0.2, 0) is 0 Å². The van der Waals surface area contributed by atoms with Crippen molar-refractivity contribution < 1.29 is 9.53 Å². The van der Waals surface area contributed by atoms with Gasteiger partial charge in [-0.2, -0.15) is 0 Å². The third kappa shape index (κ3) is 4.16. The molecule has 0 aliphatic rings. The average molecular weight is 316 g/mol. The van der Waals surface area contributed by atoms with E-state index in [-0.39, 0.29) is 5.78 Å². The molecule has 2 nitrogen and oxygen atoms in total. The number of Topliss-reactive ketones (excluding diaryl/α,β-unsaturated/α-hetero) is 1. The minimum Gasteiger partial charge on any atom is -0.451 e. The Morgan fingerprint density at radius 2 is 1.38 bits per heavy atom. The van der Waals surface area contributed by atoms with Crippen LogP contribution in [0.2, 0.25) is 0 Å². The van der Waals surface area contributed by atoms with Crippen molar-refractivity contribution in [1.29, 1.82) is 0 Å². The first-order valence-corrected chi connectivity index (χ1v) is 8.86. The predicted molar refractivity (Wildman–Crippen MR) is 91.9 cm³/mol. The van der Waals surface area contributed by atoms with Crippen LogP contribution >= 0.6 is 23.5 Å². The number of para-hydroxylation sites is 1. The van der Waals surface area contributed by atoms with Crippen LogP contribution in [0.1, 0.15) is 10.4 Å². The lowest BCUT2D eigenvalue weighted by Crippen LogP contribution is -2.11. The van der Waals surface area contributed by atoms with Gasteiger partial charge in [0.15, 0.2) is 5.76 Å². The van der Waals surface area contributed by atoms with Crippen molar-refractivity contribution in [2.45, 2.75) is 0 Å². The molecule has 108 valence electrons. The van der Waals surface area contributed by atoms with Gasteiger partial charge in [-0.1, -0.05) is 48.5 Å². The topological polar surface area (TPSA) is 26.3 Å². The molecule has 0 atom stereocenters. The summed E-state index contributed by atoms with van der Waals surface area (Å²) in [5.74, 6) is 0.947. The highest BCUT2D eigenvalue weighted by Gasteiger charge is 2.19. The maximum atomic E-state index is 12.7. The molecule has 0 aliphatic carbocycles. The van der Waals surface area contributed by atoms with Crippen molar-refractivity contribution in [3.05, 3.63) is 76.2 Å². The van der Waals surface area contributed by atoms with Crippen molar-refractivity contribution in [2.24, 2.45) is 0 Å². The molecule has 0 amide bonds. The van der Waals surface area contributed by atoms with Crippen LogP contribution in [0.4, 0.5) is 0 Å². The Hall–Kier alpha value is -1.65. The molecule has 0 spiro atoms. The second-order valence-electron chi connectivity index (χ2n) is 4.14. The summed E-state index contributed by atoms with van der Waals surface area (Å²) < 4.78 is 6.73. The second-order valence-corrected chi connectivity index (χ2v) is 6.03. The number of ketones is 1. The molecule has 0 fully saturated rings. The molecule has 0 aliphatic heterocycles. The van der Waals surface area contributed by atoms with E-state index in [9.17, 15) is 4.79 Å². The number of hydrogen-bond acceptors (Lipinski definition) is 4.